The molecule has 8 heteroatoms. The highest BCUT2D eigenvalue weighted by molar-refractivity contribution is 7.91. The van der Waals surface area contributed by atoms with Gasteiger partial charge in [-0.05, 0) is 55.0 Å². The van der Waals surface area contributed by atoms with E-state index in [1.54, 1.807) is 24.3 Å². The molecule has 2 aromatic rings. The third kappa shape index (κ3) is 5.75. The summed E-state index contributed by atoms with van der Waals surface area (Å²) in [4.78, 5) is 11.7. The van der Waals surface area contributed by atoms with E-state index in [2.05, 4.69) is 12.2 Å². The molecular formula is C19H21F2NO4S. The van der Waals surface area contributed by atoms with Gasteiger partial charge in [0.1, 0.15) is 5.75 Å². The van der Waals surface area contributed by atoms with E-state index in [9.17, 15) is 22.0 Å². The van der Waals surface area contributed by atoms with Gasteiger partial charge in [0.25, 0.3) is 5.91 Å². The zero-order chi connectivity index (χ0) is 19.9. The highest BCUT2D eigenvalue weighted by atomic mass is 32.2. The van der Waals surface area contributed by atoms with E-state index in [0.717, 1.165) is 31.4 Å². The first-order valence-electron chi connectivity index (χ1n) is 8.51. The third-order valence-corrected chi connectivity index (χ3v) is 5.21. The first kappa shape index (κ1) is 20.8. The van der Waals surface area contributed by atoms with Crippen LogP contribution in [0.25, 0.3) is 0 Å². The molecule has 0 aliphatic carbocycles. The van der Waals surface area contributed by atoms with Crippen LogP contribution in [0.2, 0.25) is 0 Å². The van der Waals surface area contributed by atoms with E-state index < -0.39 is 26.4 Å². The summed E-state index contributed by atoms with van der Waals surface area (Å²) in [5.41, 5.74) is 0.688. The first-order chi connectivity index (χ1) is 12.8. The van der Waals surface area contributed by atoms with Crippen LogP contribution in [0.5, 0.6) is 5.75 Å². The SMILES string of the molecule is CCCCCOc1ccc(C(=O)Nc2ccc(S(=O)(=O)C(F)F)cc2)cc1. The van der Waals surface area contributed by atoms with Crippen LogP contribution in [0.1, 0.15) is 36.5 Å². The first-order valence-corrected chi connectivity index (χ1v) is 10.1. The number of rotatable bonds is 9. The number of halogens is 2. The molecule has 0 aliphatic heterocycles. The fourth-order valence-corrected chi connectivity index (χ4v) is 3.00. The van der Waals surface area contributed by atoms with Crippen molar-refractivity contribution in [2.75, 3.05) is 11.9 Å². The Morgan fingerprint density at radius 1 is 1.04 bits per heavy atom. The van der Waals surface area contributed by atoms with Crippen LogP contribution in [0.3, 0.4) is 0 Å². The van der Waals surface area contributed by atoms with E-state index in [1.807, 2.05) is 0 Å². The lowest BCUT2D eigenvalue weighted by atomic mass is 10.2. The largest absolute Gasteiger partial charge is 0.494 e. The Morgan fingerprint density at radius 2 is 1.67 bits per heavy atom. The van der Waals surface area contributed by atoms with E-state index in [4.69, 9.17) is 4.74 Å². The summed E-state index contributed by atoms with van der Waals surface area (Å²) in [5, 5.41) is 2.58. The minimum Gasteiger partial charge on any atom is -0.494 e. The number of nitrogens with one attached hydrogen (secondary N) is 1. The highest BCUT2D eigenvalue weighted by Gasteiger charge is 2.26. The van der Waals surface area contributed by atoms with Crippen LogP contribution >= 0.6 is 0 Å². The fraction of sp³-hybridized carbons (Fsp3) is 0.316. The van der Waals surface area contributed by atoms with Crippen LogP contribution in [0, 0.1) is 0 Å². The maximum Gasteiger partial charge on any atom is 0.341 e. The summed E-state index contributed by atoms with van der Waals surface area (Å²) >= 11 is 0. The van der Waals surface area contributed by atoms with Crippen molar-refractivity contribution in [3.63, 3.8) is 0 Å². The number of ether oxygens (including phenoxy) is 1. The predicted molar refractivity (Wildman–Crippen MR) is 99.0 cm³/mol. The van der Waals surface area contributed by atoms with Crippen molar-refractivity contribution in [3.05, 3.63) is 54.1 Å². The average molecular weight is 397 g/mol. The van der Waals surface area contributed by atoms with E-state index in [-0.39, 0.29) is 0 Å². The Hall–Kier alpha value is -2.48. The van der Waals surface area contributed by atoms with Crippen molar-refractivity contribution in [1.82, 2.24) is 0 Å². The van der Waals surface area contributed by atoms with Gasteiger partial charge < -0.3 is 10.1 Å². The van der Waals surface area contributed by atoms with Gasteiger partial charge in [0, 0.05) is 11.3 Å². The number of alkyl halides is 2. The summed E-state index contributed by atoms with van der Waals surface area (Å²) in [7, 11) is -4.65. The van der Waals surface area contributed by atoms with Crippen LogP contribution in [0.15, 0.2) is 53.4 Å². The Kier molecular flexibility index (Phi) is 7.29. The van der Waals surface area contributed by atoms with Crippen molar-refractivity contribution in [2.24, 2.45) is 0 Å². The molecule has 1 amide bonds. The zero-order valence-electron chi connectivity index (χ0n) is 14.8. The van der Waals surface area contributed by atoms with Crippen LogP contribution in [-0.2, 0) is 9.84 Å². The van der Waals surface area contributed by atoms with Crippen LogP contribution in [-0.4, -0.2) is 26.7 Å². The standard InChI is InChI=1S/C19H21F2NO4S/c1-2-3-4-13-26-16-9-5-14(6-10-16)18(23)22-15-7-11-17(12-8-15)27(24,25)19(20)21/h5-12,19H,2-4,13H2,1H3,(H,22,23). The molecule has 2 rings (SSSR count). The zero-order valence-corrected chi connectivity index (χ0v) is 15.6. The predicted octanol–water partition coefficient (Wildman–Crippen LogP) is 4.50. The monoisotopic (exact) mass is 397 g/mol. The molecule has 0 aliphatic rings. The number of sulfone groups is 1. The number of unbranched alkanes of at least 4 members (excludes halogenated alkanes) is 2. The highest BCUT2D eigenvalue weighted by Crippen LogP contribution is 2.21. The minimum atomic E-state index is -4.65. The minimum absolute atomic E-state index is 0.299. The molecule has 0 saturated carbocycles. The average Bonchev–Trinajstić information content (AvgIpc) is 2.66. The van der Waals surface area contributed by atoms with Gasteiger partial charge in [0.2, 0.25) is 9.84 Å². The number of hydrogen-bond donors (Lipinski definition) is 1. The number of carbonyl (C=O) groups excluding carboxylic acids is 1. The van der Waals surface area contributed by atoms with Crippen molar-refractivity contribution in [2.45, 2.75) is 36.8 Å². The summed E-state index contributed by atoms with van der Waals surface area (Å²) in [5.74, 6) is -3.22. The summed E-state index contributed by atoms with van der Waals surface area (Å²) in [6, 6.07) is 11.2. The van der Waals surface area contributed by atoms with Crippen molar-refractivity contribution < 1.29 is 26.7 Å². The smallest absolute Gasteiger partial charge is 0.341 e. The molecule has 0 spiro atoms. The molecule has 0 atom stereocenters. The van der Waals surface area contributed by atoms with Gasteiger partial charge in [-0.15, -0.1) is 0 Å². The molecule has 5 nitrogen and oxygen atoms in total. The molecule has 0 radical (unpaired) electrons. The lowest BCUT2D eigenvalue weighted by Gasteiger charge is -2.09. The normalized spacial score (nSPS) is 11.4. The molecule has 146 valence electrons. The molecule has 27 heavy (non-hydrogen) atoms. The lowest BCUT2D eigenvalue weighted by molar-refractivity contribution is 0.102. The van der Waals surface area contributed by atoms with E-state index >= 15 is 0 Å². The molecule has 0 unspecified atom stereocenters. The molecule has 0 fully saturated rings. The number of carbonyl (C=O) groups is 1. The van der Waals surface area contributed by atoms with Crippen molar-refractivity contribution in [1.29, 1.82) is 0 Å². The quantitative estimate of drug-likeness (QED) is 0.632. The summed E-state index contributed by atoms with van der Waals surface area (Å²) in [6.45, 7) is 2.73. The van der Waals surface area contributed by atoms with Gasteiger partial charge >= 0.3 is 5.76 Å². The van der Waals surface area contributed by atoms with Gasteiger partial charge in [0.05, 0.1) is 11.5 Å². The molecule has 1 N–H and O–H groups in total. The third-order valence-electron chi connectivity index (χ3n) is 3.81. The van der Waals surface area contributed by atoms with Crippen molar-refractivity contribution >= 4 is 21.4 Å². The van der Waals surface area contributed by atoms with Gasteiger partial charge in [-0.1, -0.05) is 19.8 Å². The molecule has 2 aromatic carbocycles. The maximum absolute atomic E-state index is 12.5. The molecule has 0 bridgehead atoms. The molecule has 0 saturated heterocycles. The second-order valence-electron chi connectivity index (χ2n) is 5.86. The van der Waals surface area contributed by atoms with Crippen molar-refractivity contribution in [3.8, 4) is 5.75 Å². The molecule has 0 heterocycles. The van der Waals surface area contributed by atoms with Gasteiger partial charge in [-0.3, -0.25) is 4.79 Å². The van der Waals surface area contributed by atoms with Gasteiger partial charge in [-0.2, -0.15) is 8.78 Å². The van der Waals surface area contributed by atoms with Crippen LogP contribution in [0.4, 0.5) is 14.5 Å². The second kappa shape index (κ2) is 9.45. The summed E-state index contributed by atoms with van der Waals surface area (Å²) in [6.07, 6.45) is 3.17. The fourth-order valence-electron chi connectivity index (χ4n) is 2.28. The number of amides is 1. The Morgan fingerprint density at radius 3 is 2.22 bits per heavy atom. The Labute approximate surface area is 157 Å². The molecular weight excluding hydrogens is 376 g/mol. The maximum atomic E-state index is 12.5. The number of hydrogen-bond acceptors (Lipinski definition) is 4. The number of benzene rings is 2. The second-order valence-corrected chi connectivity index (χ2v) is 7.78. The van der Waals surface area contributed by atoms with Crippen LogP contribution < -0.4 is 10.1 Å². The Balaban J connectivity index is 1.97. The topological polar surface area (TPSA) is 72.5 Å². The summed E-state index contributed by atoms with van der Waals surface area (Å²) < 4.78 is 53.4. The molecule has 0 aromatic heterocycles. The lowest BCUT2D eigenvalue weighted by Crippen LogP contribution is -2.13. The number of anilines is 1. The Bertz CT molecular complexity index is 850. The van der Waals surface area contributed by atoms with E-state index in [1.165, 1.54) is 12.1 Å². The van der Waals surface area contributed by atoms with E-state index in [0.29, 0.717) is 23.6 Å². The van der Waals surface area contributed by atoms with Gasteiger partial charge in [-0.25, -0.2) is 8.42 Å². The van der Waals surface area contributed by atoms with Gasteiger partial charge in [0.15, 0.2) is 0 Å².